The van der Waals surface area contributed by atoms with E-state index in [4.69, 9.17) is 10.5 Å². The van der Waals surface area contributed by atoms with E-state index in [1.807, 2.05) is 35.8 Å². The number of H-pyrrole nitrogens is 2. The zero-order chi connectivity index (χ0) is 35.1. The summed E-state index contributed by atoms with van der Waals surface area (Å²) in [6.07, 6.45) is 14.2. The molecular weight excluding hydrogens is 636 g/mol. The Labute approximate surface area is 290 Å². The molecule has 0 aliphatic carbocycles. The highest BCUT2D eigenvalue weighted by Gasteiger charge is 2.48. The van der Waals surface area contributed by atoms with Gasteiger partial charge >= 0.3 is 0 Å². The molecule has 8 heterocycles. The molecule has 50 heavy (non-hydrogen) atoms. The Morgan fingerprint density at radius 3 is 1.70 bits per heavy atom. The van der Waals surface area contributed by atoms with E-state index in [-0.39, 0.29) is 35.7 Å². The van der Waals surface area contributed by atoms with Crippen LogP contribution in [0.3, 0.4) is 0 Å². The molecule has 8 rings (SSSR count). The average molecular weight is 681 g/mol. The molecule has 2 N–H and O–H groups in total. The fourth-order valence-electron chi connectivity index (χ4n) is 8.30. The minimum atomic E-state index is -0.177. The number of aromatic nitrogens is 8. The molecule has 2 unspecified atom stereocenters. The molecular formula is C34H44N14O2. The highest BCUT2D eigenvalue weighted by Crippen LogP contribution is 2.40. The first-order chi connectivity index (χ1) is 24.5. The van der Waals surface area contributed by atoms with Gasteiger partial charge in [0.2, 0.25) is 11.8 Å². The van der Waals surface area contributed by atoms with Crippen molar-refractivity contribution in [2.75, 3.05) is 49.1 Å². The van der Waals surface area contributed by atoms with Crippen LogP contribution in [-0.2, 0) is 9.59 Å². The molecule has 4 aromatic rings. The number of imidazole rings is 2. The van der Waals surface area contributed by atoms with Crippen LogP contribution in [0.4, 0.5) is 11.6 Å². The Bertz CT molecular complexity index is 1890. The molecule has 2 atom stereocenters. The molecule has 2 spiro atoms. The van der Waals surface area contributed by atoms with E-state index in [0.29, 0.717) is 11.3 Å². The highest BCUT2D eigenvalue weighted by molar-refractivity contribution is 5.84. The molecule has 0 radical (unpaired) electrons. The van der Waals surface area contributed by atoms with E-state index in [1.54, 1.807) is 12.7 Å². The van der Waals surface area contributed by atoms with Crippen LogP contribution in [0.5, 0.6) is 0 Å². The van der Waals surface area contributed by atoms with Crippen LogP contribution in [0, 0.1) is 22.7 Å². The zero-order valence-electron chi connectivity index (χ0n) is 28.8. The maximum absolute atomic E-state index is 12.4. The fourth-order valence-corrected chi connectivity index (χ4v) is 8.30. The minimum absolute atomic E-state index is 0.0416. The first-order valence-electron chi connectivity index (χ1n) is 17.6. The summed E-state index contributed by atoms with van der Waals surface area (Å²) in [7, 11) is 0. The summed E-state index contributed by atoms with van der Waals surface area (Å²) in [5, 5.41) is 17.8. The van der Waals surface area contributed by atoms with E-state index < -0.39 is 0 Å². The molecule has 0 saturated carbocycles. The van der Waals surface area contributed by atoms with Crippen LogP contribution >= 0.6 is 0 Å². The van der Waals surface area contributed by atoms with E-state index in [9.17, 15) is 9.59 Å². The summed E-state index contributed by atoms with van der Waals surface area (Å²) < 4.78 is 0. The summed E-state index contributed by atoms with van der Waals surface area (Å²) in [5.41, 5.74) is 2.63. The Hall–Kier alpha value is -5.38. The monoisotopic (exact) mass is 680 g/mol. The number of hydrogen-bond acceptors (Lipinski definition) is 12. The minimum Gasteiger partial charge on any atom is -0.352 e. The number of likely N-dealkylation sites (tertiary alicyclic amines) is 2. The van der Waals surface area contributed by atoms with Crippen molar-refractivity contribution in [3.8, 4) is 12.1 Å². The first-order valence-corrected chi connectivity index (χ1v) is 17.6. The molecule has 4 fully saturated rings. The Kier molecular flexibility index (Phi) is 10.4. The normalized spacial score (nSPS) is 23.0. The van der Waals surface area contributed by atoms with Crippen molar-refractivity contribution in [1.29, 1.82) is 10.5 Å². The lowest BCUT2D eigenvalue weighted by Crippen LogP contribution is -2.57. The molecule has 4 aliphatic heterocycles. The standard InChI is InChI=1S/2C16H19N7O.C2H6/c17-6-3-12(24)23-8-2-5-16(23)4-1-7-22(9-16)15-13-14(19-10-18-13)20-11-21-15;17-6-3-12(24)23-7-2-1-4-16(23)5-8-22(9-16)15-13-14(19-10-18-13)20-11-21-15;1-2/h2*10-11H,1-5,7-9H2,(H,18,19,20,21);1-2H3. The van der Waals surface area contributed by atoms with Crippen LogP contribution in [0.25, 0.3) is 22.3 Å². The number of nitriles is 2. The van der Waals surface area contributed by atoms with Gasteiger partial charge in [-0.25, -0.2) is 29.9 Å². The van der Waals surface area contributed by atoms with Gasteiger partial charge in [-0.3, -0.25) is 9.59 Å². The largest absolute Gasteiger partial charge is 0.352 e. The van der Waals surface area contributed by atoms with Crippen LogP contribution in [0.2, 0.25) is 0 Å². The van der Waals surface area contributed by atoms with Crippen molar-refractivity contribution in [3.63, 3.8) is 0 Å². The predicted molar refractivity (Wildman–Crippen MR) is 185 cm³/mol. The van der Waals surface area contributed by atoms with Gasteiger partial charge in [-0.1, -0.05) is 13.8 Å². The van der Waals surface area contributed by atoms with Gasteiger partial charge in [0.15, 0.2) is 22.9 Å². The Balaban J connectivity index is 0.000000165. The topological polar surface area (TPSA) is 204 Å². The van der Waals surface area contributed by atoms with Crippen molar-refractivity contribution < 1.29 is 9.59 Å². The average Bonchev–Trinajstić information content (AvgIpc) is 3.97. The second-order valence-electron chi connectivity index (χ2n) is 13.1. The number of carbonyl (C=O) groups excluding carboxylic acids is 2. The third kappa shape index (κ3) is 6.49. The Morgan fingerprint density at radius 1 is 0.660 bits per heavy atom. The van der Waals surface area contributed by atoms with Gasteiger partial charge in [-0.05, 0) is 51.4 Å². The number of nitrogens with zero attached hydrogens (tertiary/aromatic N) is 12. The first kappa shape index (κ1) is 34.5. The van der Waals surface area contributed by atoms with Crippen LogP contribution in [0.15, 0.2) is 25.3 Å². The van der Waals surface area contributed by atoms with Gasteiger partial charge in [0.25, 0.3) is 0 Å². The number of carbonyl (C=O) groups is 2. The van der Waals surface area contributed by atoms with Crippen molar-refractivity contribution >= 4 is 45.8 Å². The number of piperidine rings is 2. The third-order valence-corrected chi connectivity index (χ3v) is 10.4. The van der Waals surface area contributed by atoms with Crippen LogP contribution < -0.4 is 9.80 Å². The van der Waals surface area contributed by atoms with Gasteiger partial charge in [-0.15, -0.1) is 0 Å². The highest BCUT2D eigenvalue weighted by atomic mass is 16.2. The van der Waals surface area contributed by atoms with Gasteiger partial charge in [-0.2, -0.15) is 10.5 Å². The molecule has 0 bridgehead atoms. The van der Waals surface area contributed by atoms with Gasteiger partial charge in [0.05, 0.1) is 35.9 Å². The van der Waals surface area contributed by atoms with Gasteiger partial charge in [0, 0.05) is 39.3 Å². The molecule has 4 aliphatic rings. The van der Waals surface area contributed by atoms with E-state index in [0.717, 1.165) is 113 Å². The SMILES string of the molecule is CC.N#CCC(=O)N1CCCC12CCCN(c1ncnc3nc[nH]c13)C2.N#CCC(=O)N1CCCCC12CCN(c1ncnc3nc[nH]c13)C2. The number of aromatic amines is 2. The lowest BCUT2D eigenvalue weighted by molar-refractivity contribution is -0.138. The fraction of sp³-hybridized carbons (Fsp3) is 0.588. The van der Waals surface area contributed by atoms with Crippen molar-refractivity contribution in [1.82, 2.24) is 49.7 Å². The lowest BCUT2D eigenvalue weighted by Gasteiger charge is -2.46. The quantitative estimate of drug-likeness (QED) is 0.318. The van der Waals surface area contributed by atoms with Crippen molar-refractivity contribution in [3.05, 3.63) is 25.3 Å². The lowest BCUT2D eigenvalue weighted by atomic mass is 9.85. The molecule has 4 saturated heterocycles. The number of fused-ring (bicyclic) bond motifs is 2. The maximum atomic E-state index is 12.4. The van der Waals surface area contributed by atoms with Gasteiger partial charge < -0.3 is 29.6 Å². The summed E-state index contributed by atoms with van der Waals surface area (Å²) >= 11 is 0. The number of nitrogens with one attached hydrogen (secondary N) is 2. The summed E-state index contributed by atoms with van der Waals surface area (Å²) in [6.45, 7) is 8.72. The second-order valence-corrected chi connectivity index (χ2v) is 13.1. The molecule has 262 valence electrons. The third-order valence-electron chi connectivity index (χ3n) is 10.4. The number of hydrogen-bond donors (Lipinski definition) is 2. The van der Waals surface area contributed by atoms with Gasteiger partial charge in [0.1, 0.15) is 36.5 Å². The van der Waals surface area contributed by atoms with E-state index >= 15 is 0 Å². The van der Waals surface area contributed by atoms with Crippen LogP contribution in [-0.4, -0.2) is 112 Å². The van der Waals surface area contributed by atoms with Crippen LogP contribution in [0.1, 0.15) is 78.1 Å². The van der Waals surface area contributed by atoms with Crippen molar-refractivity contribution in [2.45, 2.75) is 89.1 Å². The summed E-state index contributed by atoms with van der Waals surface area (Å²) in [4.78, 5) is 64.9. The molecule has 2 amide bonds. The summed E-state index contributed by atoms with van der Waals surface area (Å²) in [5.74, 6) is 1.59. The Morgan fingerprint density at radius 2 is 1.14 bits per heavy atom. The second kappa shape index (κ2) is 15.0. The molecule has 0 aromatic carbocycles. The zero-order valence-corrected chi connectivity index (χ0v) is 28.8. The predicted octanol–water partition coefficient (Wildman–Crippen LogP) is 3.48. The van der Waals surface area contributed by atoms with Crippen molar-refractivity contribution in [2.24, 2.45) is 0 Å². The summed E-state index contributed by atoms with van der Waals surface area (Å²) in [6, 6.07) is 3.99. The number of rotatable bonds is 4. The van der Waals surface area contributed by atoms with E-state index in [1.165, 1.54) is 12.7 Å². The molecule has 16 heteroatoms. The smallest absolute Gasteiger partial charge is 0.237 e. The number of anilines is 2. The molecule has 4 aromatic heterocycles. The number of amides is 2. The van der Waals surface area contributed by atoms with E-state index in [2.05, 4.69) is 49.7 Å². The molecule has 16 nitrogen and oxygen atoms in total. The maximum Gasteiger partial charge on any atom is 0.237 e.